The lowest BCUT2D eigenvalue weighted by atomic mass is 10.0. The molecule has 0 bridgehead atoms. The second-order valence-corrected chi connectivity index (χ2v) is 4.90. The Kier molecular flexibility index (Phi) is 3.52. The molecule has 1 N–H and O–H groups in total. The first kappa shape index (κ1) is 12.9. The quantitative estimate of drug-likeness (QED) is 0.904. The van der Waals surface area contributed by atoms with Gasteiger partial charge in [-0.15, -0.1) is 0 Å². The van der Waals surface area contributed by atoms with Gasteiger partial charge in [-0.1, -0.05) is 6.07 Å². The molecule has 1 unspecified atom stereocenters. The number of nitrogens with one attached hydrogen (secondary N) is 1. The van der Waals surface area contributed by atoms with Crippen LogP contribution in [0.4, 0.5) is 0 Å². The molecule has 0 spiro atoms. The van der Waals surface area contributed by atoms with Gasteiger partial charge in [-0.2, -0.15) is 0 Å². The maximum atomic E-state index is 12.7. The Bertz CT molecular complexity index is 594. The molecule has 5 nitrogen and oxygen atoms in total. The van der Waals surface area contributed by atoms with Crippen molar-refractivity contribution in [2.45, 2.75) is 13.0 Å². The van der Waals surface area contributed by atoms with Gasteiger partial charge < -0.3 is 14.6 Å². The van der Waals surface area contributed by atoms with Gasteiger partial charge in [0.1, 0.15) is 5.76 Å². The zero-order chi connectivity index (χ0) is 13.9. The summed E-state index contributed by atoms with van der Waals surface area (Å²) in [5.74, 6) is 0.685. The molecule has 20 heavy (non-hydrogen) atoms. The average molecular weight is 271 g/mol. The highest BCUT2D eigenvalue weighted by Gasteiger charge is 2.29. The molecular formula is C15H17N3O2. The molecule has 0 radical (unpaired) electrons. The van der Waals surface area contributed by atoms with Crippen LogP contribution >= 0.6 is 0 Å². The molecule has 5 heteroatoms. The van der Waals surface area contributed by atoms with Crippen LogP contribution in [-0.2, 0) is 0 Å². The highest BCUT2D eigenvalue weighted by Crippen LogP contribution is 2.24. The predicted octanol–water partition coefficient (Wildman–Crippen LogP) is 1.77. The van der Waals surface area contributed by atoms with E-state index in [9.17, 15) is 4.79 Å². The third-order valence-electron chi connectivity index (χ3n) is 3.66. The third-order valence-corrected chi connectivity index (χ3v) is 3.66. The average Bonchev–Trinajstić information content (AvgIpc) is 2.93. The van der Waals surface area contributed by atoms with Crippen molar-refractivity contribution in [1.82, 2.24) is 15.2 Å². The Morgan fingerprint density at radius 2 is 2.40 bits per heavy atom. The summed E-state index contributed by atoms with van der Waals surface area (Å²) in [6.45, 7) is 4.05. The number of furan rings is 1. The molecule has 0 aliphatic carbocycles. The van der Waals surface area contributed by atoms with Gasteiger partial charge in [-0.25, -0.2) is 0 Å². The molecule has 3 heterocycles. The smallest absolute Gasteiger partial charge is 0.257 e. The van der Waals surface area contributed by atoms with Gasteiger partial charge in [0.05, 0.1) is 17.9 Å². The Hall–Kier alpha value is -2.14. The molecule has 1 saturated heterocycles. The van der Waals surface area contributed by atoms with Crippen molar-refractivity contribution in [3.05, 3.63) is 53.7 Å². The van der Waals surface area contributed by atoms with Crippen molar-refractivity contribution in [3.8, 4) is 0 Å². The summed E-state index contributed by atoms with van der Waals surface area (Å²) in [6.07, 6.45) is 5.12. The lowest BCUT2D eigenvalue weighted by Crippen LogP contribution is -2.48. The molecule has 1 aliphatic rings. The van der Waals surface area contributed by atoms with Crippen LogP contribution in [0.3, 0.4) is 0 Å². The molecule has 1 atom stereocenters. The van der Waals surface area contributed by atoms with Crippen LogP contribution in [0.5, 0.6) is 0 Å². The molecule has 1 amide bonds. The van der Waals surface area contributed by atoms with Crippen LogP contribution in [0.2, 0.25) is 0 Å². The second-order valence-electron chi connectivity index (χ2n) is 4.90. The largest absolute Gasteiger partial charge is 0.469 e. The number of pyridine rings is 1. The number of hydrogen-bond donors (Lipinski definition) is 1. The van der Waals surface area contributed by atoms with E-state index < -0.39 is 0 Å². The van der Waals surface area contributed by atoms with Gasteiger partial charge in [0, 0.05) is 32.0 Å². The second kappa shape index (κ2) is 5.46. The van der Waals surface area contributed by atoms with Crippen molar-refractivity contribution in [3.63, 3.8) is 0 Å². The van der Waals surface area contributed by atoms with E-state index in [4.69, 9.17) is 4.42 Å². The normalized spacial score (nSPS) is 19.1. The number of carbonyl (C=O) groups excluding carboxylic acids is 1. The number of aryl methyl sites for hydroxylation is 1. The Morgan fingerprint density at radius 1 is 1.50 bits per heavy atom. The fourth-order valence-electron chi connectivity index (χ4n) is 2.58. The Morgan fingerprint density at radius 3 is 3.10 bits per heavy atom. The van der Waals surface area contributed by atoms with E-state index in [1.807, 2.05) is 30.2 Å². The predicted molar refractivity (Wildman–Crippen MR) is 74.3 cm³/mol. The van der Waals surface area contributed by atoms with Gasteiger partial charge in [0.2, 0.25) is 0 Å². The molecule has 0 saturated carbocycles. The number of amides is 1. The first-order valence-electron chi connectivity index (χ1n) is 6.73. The minimum Gasteiger partial charge on any atom is -0.469 e. The minimum atomic E-state index is 0.0132. The van der Waals surface area contributed by atoms with Crippen LogP contribution in [0.15, 0.2) is 41.3 Å². The molecule has 1 aliphatic heterocycles. The molecule has 2 aromatic rings. The Balaban J connectivity index is 1.90. The van der Waals surface area contributed by atoms with Gasteiger partial charge in [-0.05, 0) is 24.6 Å². The van der Waals surface area contributed by atoms with Crippen molar-refractivity contribution in [2.75, 3.05) is 19.6 Å². The number of piperazine rings is 1. The summed E-state index contributed by atoms with van der Waals surface area (Å²) in [6, 6.07) is 5.65. The van der Waals surface area contributed by atoms with E-state index in [-0.39, 0.29) is 11.9 Å². The molecular weight excluding hydrogens is 254 g/mol. The standard InChI is InChI=1S/C15H17N3O2/c1-11-13(4-8-20-11)15(19)18-7-6-17-10-14(18)12-3-2-5-16-9-12/h2-5,8-9,14,17H,6-7,10H2,1H3. The van der Waals surface area contributed by atoms with Crippen LogP contribution in [0.25, 0.3) is 0 Å². The van der Waals surface area contributed by atoms with Crippen molar-refractivity contribution < 1.29 is 9.21 Å². The monoisotopic (exact) mass is 271 g/mol. The highest BCUT2D eigenvalue weighted by molar-refractivity contribution is 5.95. The fourth-order valence-corrected chi connectivity index (χ4v) is 2.58. The van der Waals surface area contributed by atoms with E-state index in [2.05, 4.69) is 10.3 Å². The van der Waals surface area contributed by atoms with Crippen LogP contribution in [0.1, 0.15) is 27.7 Å². The summed E-state index contributed by atoms with van der Waals surface area (Å²) in [4.78, 5) is 18.7. The summed E-state index contributed by atoms with van der Waals surface area (Å²) < 4.78 is 5.24. The van der Waals surface area contributed by atoms with E-state index in [0.29, 0.717) is 17.9 Å². The lowest BCUT2D eigenvalue weighted by Gasteiger charge is -2.36. The molecule has 3 rings (SSSR count). The molecule has 1 fully saturated rings. The van der Waals surface area contributed by atoms with Gasteiger partial charge >= 0.3 is 0 Å². The fraction of sp³-hybridized carbons (Fsp3) is 0.333. The number of nitrogens with zero attached hydrogens (tertiary/aromatic N) is 2. The third kappa shape index (κ3) is 2.32. The van der Waals surface area contributed by atoms with E-state index in [0.717, 1.165) is 18.7 Å². The van der Waals surface area contributed by atoms with Crippen LogP contribution in [-0.4, -0.2) is 35.4 Å². The summed E-state index contributed by atoms with van der Waals surface area (Å²) in [5.41, 5.74) is 1.69. The zero-order valence-corrected chi connectivity index (χ0v) is 11.4. The Labute approximate surface area is 117 Å². The molecule has 104 valence electrons. The maximum Gasteiger partial charge on any atom is 0.257 e. The van der Waals surface area contributed by atoms with Crippen molar-refractivity contribution >= 4 is 5.91 Å². The maximum absolute atomic E-state index is 12.7. The summed E-state index contributed by atoms with van der Waals surface area (Å²) >= 11 is 0. The van der Waals surface area contributed by atoms with Crippen molar-refractivity contribution in [1.29, 1.82) is 0 Å². The minimum absolute atomic E-state index is 0.0132. The summed E-state index contributed by atoms with van der Waals surface area (Å²) in [7, 11) is 0. The van der Waals surface area contributed by atoms with E-state index in [1.54, 1.807) is 18.5 Å². The molecule has 2 aromatic heterocycles. The topological polar surface area (TPSA) is 58.4 Å². The summed E-state index contributed by atoms with van der Waals surface area (Å²) in [5, 5.41) is 3.33. The highest BCUT2D eigenvalue weighted by atomic mass is 16.3. The number of rotatable bonds is 2. The van der Waals surface area contributed by atoms with E-state index in [1.165, 1.54) is 0 Å². The van der Waals surface area contributed by atoms with Crippen LogP contribution in [0, 0.1) is 6.92 Å². The van der Waals surface area contributed by atoms with E-state index >= 15 is 0 Å². The molecule has 0 aromatic carbocycles. The SMILES string of the molecule is Cc1occc1C(=O)N1CCNCC1c1cccnc1. The van der Waals surface area contributed by atoms with Gasteiger partial charge in [0.15, 0.2) is 0 Å². The lowest BCUT2D eigenvalue weighted by molar-refractivity contribution is 0.0632. The zero-order valence-electron chi connectivity index (χ0n) is 11.4. The first-order chi connectivity index (χ1) is 9.77. The van der Waals surface area contributed by atoms with Crippen molar-refractivity contribution in [2.24, 2.45) is 0 Å². The number of aromatic nitrogens is 1. The van der Waals surface area contributed by atoms with Gasteiger partial charge in [-0.3, -0.25) is 9.78 Å². The van der Waals surface area contributed by atoms with Gasteiger partial charge in [0.25, 0.3) is 5.91 Å². The number of hydrogen-bond acceptors (Lipinski definition) is 4. The number of carbonyl (C=O) groups is 1. The van der Waals surface area contributed by atoms with Crippen LogP contribution < -0.4 is 5.32 Å². The first-order valence-corrected chi connectivity index (χ1v) is 6.73.